The van der Waals surface area contributed by atoms with E-state index in [-0.39, 0.29) is 17.4 Å². The number of anilines is 2. The number of hydrogen-bond donors (Lipinski definition) is 3. The number of methoxy groups -OCH3 is 2. The van der Waals surface area contributed by atoms with Gasteiger partial charge in [-0.05, 0) is 101 Å². The zero-order chi connectivity index (χ0) is 29.9. The summed E-state index contributed by atoms with van der Waals surface area (Å²) < 4.78 is 11.8. The fourth-order valence-electron chi connectivity index (χ4n) is 3.79. The second kappa shape index (κ2) is 15.1. The molecule has 0 aromatic heterocycles. The number of nitrogens with one attached hydrogen (secondary N) is 3. The molecule has 0 aliphatic heterocycles. The maximum atomic E-state index is 13.4. The van der Waals surface area contributed by atoms with Crippen molar-refractivity contribution in [2.45, 2.75) is 4.90 Å². The van der Waals surface area contributed by atoms with Crippen LogP contribution in [0.15, 0.2) is 108 Å². The first kappa shape index (κ1) is 30.7. The van der Waals surface area contributed by atoms with Crippen LogP contribution in [0.1, 0.15) is 15.9 Å². The minimum atomic E-state index is -0.521. The molecule has 0 aliphatic carbocycles. The molecule has 0 saturated heterocycles. The van der Waals surface area contributed by atoms with Crippen LogP contribution >= 0.6 is 34.4 Å². The van der Waals surface area contributed by atoms with Crippen molar-refractivity contribution in [2.75, 3.05) is 30.6 Å². The molecule has 3 amide bonds. The highest BCUT2D eigenvalue weighted by molar-refractivity contribution is 14.1. The Morgan fingerprint density at radius 3 is 2.24 bits per heavy atom. The Bertz CT molecular complexity index is 1590. The SMILES string of the molecule is COc1ccc(/C=C(/NC(=O)c2ccccc2)C(=O)Nc2cccc(SCC(=O)Nc3ccc(I)cc3)c2)cc1OC. The van der Waals surface area contributed by atoms with Gasteiger partial charge in [0.05, 0.1) is 20.0 Å². The minimum absolute atomic E-state index is 0.0334. The first-order valence-electron chi connectivity index (χ1n) is 12.7. The number of thioether (sulfide) groups is 1. The molecule has 0 atom stereocenters. The Morgan fingerprint density at radius 1 is 0.786 bits per heavy atom. The average molecular weight is 694 g/mol. The summed E-state index contributed by atoms with van der Waals surface area (Å²) in [7, 11) is 3.06. The summed E-state index contributed by atoms with van der Waals surface area (Å²) in [5.74, 6) is 0.126. The fraction of sp³-hybridized carbons (Fsp3) is 0.0938. The summed E-state index contributed by atoms with van der Waals surface area (Å²) in [6.07, 6.45) is 1.56. The monoisotopic (exact) mass is 693 g/mol. The standard InChI is InChI=1S/C32H28IN3O5S/c1-40-28-16-11-21(18-29(28)41-2)17-27(36-31(38)22-7-4-3-5-8-22)32(39)35-25-9-6-10-26(19-25)42-20-30(37)34-24-14-12-23(33)13-15-24/h3-19H,20H2,1-2H3,(H,34,37)(H,35,39)(H,36,38)/b27-17+. The Labute approximate surface area is 262 Å². The lowest BCUT2D eigenvalue weighted by Crippen LogP contribution is -2.30. The van der Waals surface area contributed by atoms with Crippen LogP contribution in [0.5, 0.6) is 11.5 Å². The molecule has 0 spiro atoms. The molecule has 0 heterocycles. The summed E-state index contributed by atoms with van der Waals surface area (Å²) >= 11 is 3.55. The number of halogens is 1. The van der Waals surface area contributed by atoms with Gasteiger partial charge in [-0.15, -0.1) is 11.8 Å². The van der Waals surface area contributed by atoms with E-state index in [4.69, 9.17) is 9.47 Å². The number of carbonyl (C=O) groups is 3. The van der Waals surface area contributed by atoms with Crippen LogP contribution < -0.4 is 25.4 Å². The largest absolute Gasteiger partial charge is 0.493 e. The molecule has 214 valence electrons. The molecule has 42 heavy (non-hydrogen) atoms. The van der Waals surface area contributed by atoms with Crippen molar-refractivity contribution in [2.24, 2.45) is 0 Å². The maximum Gasteiger partial charge on any atom is 0.272 e. The topological polar surface area (TPSA) is 106 Å². The second-order valence-corrected chi connectivity index (χ2v) is 11.1. The molecule has 4 rings (SSSR count). The van der Waals surface area contributed by atoms with E-state index in [9.17, 15) is 14.4 Å². The summed E-state index contributed by atoms with van der Waals surface area (Å²) in [6, 6.07) is 28.5. The van der Waals surface area contributed by atoms with Crippen molar-refractivity contribution in [3.8, 4) is 11.5 Å². The van der Waals surface area contributed by atoms with E-state index in [0.717, 1.165) is 14.2 Å². The Hall–Kier alpha value is -4.29. The van der Waals surface area contributed by atoms with Crippen LogP contribution in [0.2, 0.25) is 0 Å². The van der Waals surface area contributed by atoms with Gasteiger partial charge in [-0.25, -0.2) is 0 Å². The van der Waals surface area contributed by atoms with Gasteiger partial charge in [-0.2, -0.15) is 0 Å². The number of hydrogen-bond acceptors (Lipinski definition) is 6. The lowest BCUT2D eigenvalue weighted by Gasteiger charge is -2.13. The molecule has 3 N–H and O–H groups in total. The van der Waals surface area contributed by atoms with Gasteiger partial charge >= 0.3 is 0 Å². The van der Waals surface area contributed by atoms with E-state index in [2.05, 4.69) is 38.5 Å². The molecule has 0 bridgehead atoms. The Balaban J connectivity index is 1.49. The van der Waals surface area contributed by atoms with Crippen molar-refractivity contribution < 1.29 is 23.9 Å². The van der Waals surface area contributed by atoms with Gasteiger partial charge in [0.15, 0.2) is 11.5 Å². The normalized spacial score (nSPS) is 10.9. The van der Waals surface area contributed by atoms with E-state index in [1.54, 1.807) is 72.8 Å². The predicted molar refractivity (Wildman–Crippen MR) is 175 cm³/mol. The summed E-state index contributed by atoms with van der Waals surface area (Å²) in [4.78, 5) is 39.6. The van der Waals surface area contributed by atoms with Gasteiger partial charge in [0.2, 0.25) is 5.91 Å². The number of carbonyl (C=O) groups excluding carboxylic acids is 3. The number of ether oxygens (including phenoxy) is 2. The first-order chi connectivity index (χ1) is 20.3. The molecule has 0 saturated carbocycles. The van der Waals surface area contributed by atoms with E-state index < -0.39 is 11.8 Å². The van der Waals surface area contributed by atoms with Crippen molar-refractivity contribution in [3.05, 3.63) is 117 Å². The van der Waals surface area contributed by atoms with E-state index >= 15 is 0 Å². The second-order valence-electron chi connectivity index (χ2n) is 8.82. The zero-order valence-electron chi connectivity index (χ0n) is 22.8. The van der Waals surface area contributed by atoms with Gasteiger partial charge in [0.1, 0.15) is 5.70 Å². The summed E-state index contributed by atoms with van der Waals surface area (Å²) in [5.41, 5.74) is 2.30. The molecule has 8 nitrogen and oxygen atoms in total. The van der Waals surface area contributed by atoms with Crippen LogP contribution in [-0.2, 0) is 9.59 Å². The van der Waals surface area contributed by atoms with Gasteiger partial charge in [0.25, 0.3) is 11.8 Å². The smallest absolute Gasteiger partial charge is 0.272 e. The van der Waals surface area contributed by atoms with Crippen LogP contribution in [0.4, 0.5) is 11.4 Å². The molecule has 4 aromatic carbocycles. The van der Waals surface area contributed by atoms with Crippen molar-refractivity contribution in [1.29, 1.82) is 0 Å². The van der Waals surface area contributed by atoms with Crippen LogP contribution in [0, 0.1) is 3.57 Å². The highest BCUT2D eigenvalue weighted by Gasteiger charge is 2.16. The Morgan fingerprint density at radius 2 is 1.52 bits per heavy atom. The quantitative estimate of drug-likeness (QED) is 0.0949. The number of benzene rings is 4. The van der Waals surface area contributed by atoms with Crippen LogP contribution in [-0.4, -0.2) is 37.7 Å². The summed E-state index contributed by atoms with van der Waals surface area (Å²) in [6.45, 7) is 0. The molecule has 4 aromatic rings. The fourth-order valence-corrected chi connectivity index (χ4v) is 4.91. The molecule has 0 fully saturated rings. The molecular weight excluding hydrogens is 665 g/mol. The molecule has 0 aliphatic rings. The third-order valence-corrected chi connectivity index (χ3v) is 7.55. The first-order valence-corrected chi connectivity index (χ1v) is 14.8. The van der Waals surface area contributed by atoms with Gasteiger partial charge in [-0.3, -0.25) is 14.4 Å². The third-order valence-electron chi connectivity index (χ3n) is 5.84. The van der Waals surface area contributed by atoms with Crippen molar-refractivity contribution in [1.82, 2.24) is 5.32 Å². The predicted octanol–water partition coefficient (Wildman–Crippen LogP) is 6.45. The molecule has 10 heteroatoms. The molecule has 0 unspecified atom stereocenters. The van der Waals surface area contributed by atoms with E-state index in [1.807, 2.05) is 30.3 Å². The highest BCUT2D eigenvalue weighted by atomic mass is 127. The average Bonchev–Trinajstić information content (AvgIpc) is 3.01. The molecule has 0 radical (unpaired) electrons. The van der Waals surface area contributed by atoms with Gasteiger partial charge in [-0.1, -0.05) is 30.3 Å². The lowest BCUT2D eigenvalue weighted by molar-refractivity contribution is -0.114. The Kier molecular flexibility index (Phi) is 11.0. The van der Waals surface area contributed by atoms with Gasteiger partial charge < -0.3 is 25.4 Å². The van der Waals surface area contributed by atoms with E-state index in [0.29, 0.717) is 28.3 Å². The van der Waals surface area contributed by atoms with Crippen LogP contribution in [0.25, 0.3) is 6.08 Å². The zero-order valence-corrected chi connectivity index (χ0v) is 25.8. The maximum absolute atomic E-state index is 13.4. The minimum Gasteiger partial charge on any atom is -0.493 e. The number of rotatable bonds is 11. The lowest BCUT2D eigenvalue weighted by atomic mass is 10.1. The van der Waals surface area contributed by atoms with E-state index in [1.165, 1.54) is 26.0 Å². The summed E-state index contributed by atoms with van der Waals surface area (Å²) in [5, 5.41) is 8.45. The molecular formula is C32H28IN3O5S. The third kappa shape index (κ3) is 8.85. The van der Waals surface area contributed by atoms with Gasteiger partial charge in [0, 0.05) is 25.4 Å². The highest BCUT2D eigenvalue weighted by Crippen LogP contribution is 2.28. The van der Waals surface area contributed by atoms with Crippen molar-refractivity contribution in [3.63, 3.8) is 0 Å². The number of amides is 3. The van der Waals surface area contributed by atoms with Crippen LogP contribution in [0.3, 0.4) is 0 Å². The van der Waals surface area contributed by atoms with Crippen molar-refractivity contribution >= 4 is 69.5 Å².